The first-order valence-electron chi connectivity index (χ1n) is 10.9. The number of esters is 2. The van der Waals surface area contributed by atoms with E-state index in [0.29, 0.717) is 13.0 Å². The number of carbonyl (C=O) groups excluding carboxylic acids is 2. The predicted molar refractivity (Wildman–Crippen MR) is 109 cm³/mol. The van der Waals surface area contributed by atoms with Crippen LogP contribution in [0, 0.1) is 11.8 Å². The maximum Gasteiger partial charge on any atom is 0.308 e. The van der Waals surface area contributed by atoms with E-state index in [2.05, 4.69) is 6.92 Å². The molecule has 0 aromatic rings. The Kier molecular flexibility index (Phi) is 10.4. The van der Waals surface area contributed by atoms with Crippen LogP contribution < -0.4 is 0 Å². The molecule has 0 bridgehead atoms. The Morgan fingerprint density at radius 1 is 1.11 bits per heavy atom. The lowest BCUT2D eigenvalue weighted by atomic mass is 9.87. The van der Waals surface area contributed by atoms with Crippen molar-refractivity contribution < 1.29 is 23.5 Å². The number of ether oxygens (including phenoxy) is 2. The van der Waals surface area contributed by atoms with Crippen LogP contribution in [0.1, 0.15) is 86.5 Å². The summed E-state index contributed by atoms with van der Waals surface area (Å²) in [5.74, 6) is -0.726. The van der Waals surface area contributed by atoms with E-state index in [9.17, 15) is 14.0 Å². The van der Waals surface area contributed by atoms with E-state index in [1.807, 2.05) is 34.6 Å². The first-order valence-corrected chi connectivity index (χ1v) is 10.9. The fourth-order valence-electron chi connectivity index (χ4n) is 3.86. The van der Waals surface area contributed by atoms with Gasteiger partial charge in [0, 0.05) is 24.9 Å². The molecule has 1 aliphatic rings. The third-order valence-electron chi connectivity index (χ3n) is 5.68. The average molecular weight is 402 g/mol. The second-order valence-corrected chi connectivity index (χ2v) is 8.84. The molecule has 1 rings (SSSR count). The van der Waals surface area contributed by atoms with Crippen LogP contribution in [0.25, 0.3) is 0 Å². The summed E-state index contributed by atoms with van der Waals surface area (Å²) in [7, 11) is 0. The van der Waals surface area contributed by atoms with Crippen molar-refractivity contribution in [1.82, 2.24) is 4.90 Å². The fraction of sp³-hybridized carbons (Fsp3) is 0.909. The number of likely N-dealkylation sites (tertiary alicyclic amines) is 1. The third kappa shape index (κ3) is 7.69. The summed E-state index contributed by atoms with van der Waals surface area (Å²) >= 11 is 0. The molecule has 1 saturated heterocycles. The molecule has 6 heteroatoms. The Bertz CT molecular complexity index is 497. The van der Waals surface area contributed by atoms with Gasteiger partial charge < -0.3 is 9.47 Å². The van der Waals surface area contributed by atoms with Crippen molar-refractivity contribution in [3.63, 3.8) is 0 Å². The van der Waals surface area contributed by atoms with Gasteiger partial charge in [-0.1, -0.05) is 47.0 Å². The van der Waals surface area contributed by atoms with Gasteiger partial charge in [0.1, 0.15) is 12.7 Å². The van der Waals surface area contributed by atoms with Gasteiger partial charge in [-0.15, -0.1) is 0 Å². The number of hydrogen-bond acceptors (Lipinski definition) is 5. The van der Waals surface area contributed by atoms with Gasteiger partial charge in [0.15, 0.2) is 6.30 Å². The monoisotopic (exact) mass is 401 g/mol. The number of piperidine rings is 1. The van der Waals surface area contributed by atoms with E-state index in [1.165, 1.54) is 0 Å². The molecule has 0 aromatic carbocycles. The highest BCUT2D eigenvalue weighted by Crippen LogP contribution is 2.34. The first-order chi connectivity index (χ1) is 13.1. The number of rotatable bonds is 11. The number of nitrogens with zero attached hydrogens (tertiary/aromatic N) is 1. The standard InChI is InChI=1S/C22H40FNO4/c1-7-9-11-17(4)21(26)28-18-14-19(23)24(22(5,6)15-18)12-13-27-20(25)16(3)10-8-2/h16-19H,7-15H2,1-6H3. The van der Waals surface area contributed by atoms with E-state index in [0.717, 1.165) is 32.1 Å². The van der Waals surface area contributed by atoms with Crippen LogP contribution in [0.4, 0.5) is 4.39 Å². The van der Waals surface area contributed by atoms with Gasteiger partial charge in [-0.05, 0) is 26.7 Å². The zero-order chi connectivity index (χ0) is 21.3. The molecule has 1 heterocycles. The van der Waals surface area contributed by atoms with Crippen molar-refractivity contribution in [1.29, 1.82) is 0 Å². The molecule has 0 N–H and O–H groups in total. The molecule has 0 aliphatic carbocycles. The van der Waals surface area contributed by atoms with Crippen LogP contribution in [0.2, 0.25) is 0 Å². The summed E-state index contributed by atoms with van der Waals surface area (Å²) in [6, 6.07) is 0. The minimum absolute atomic E-state index is 0.126. The Morgan fingerprint density at radius 2 is 1.75 bits per heavy atom. The first kappa shape index (κ1) is 24.9. The molecule has 0 spiro atoms. The molecule has 5 nitrogen and oxygen atoms in total. The topological polar surface area (TPSA) is 55.8 Å². The largest absolute Gasteiger partial charge is 0.464 e. The molecular weight excluding hydrogens is 361 g/mol. The van der Waals surface area contributed by atoms with Crippen LogP contribution in [0.5, 0.6) is 0 Å². The van der Waals surface area contributed by atoms with Crippen LogP contribution in [0.15, 0.2) is 0 Å². The molecule has 0 amide bonds. The minimum Gasteiger partial charge on any atom is -0.464 e. The van der Waals surface area contributed by atoms with Crippen molar-refractivity contribution in [3.05, 3.63) is 0 Å². The summed E-state index contributed by atoms with van der Waals surface area (Å²) in [6.45, 7) is 12.3. The molecular formula is C22H40FNO4. The highest BCUT2D eigenvalue weighted by molar-refractivity contribution is 5.72. The average Bonchev–Trinajstić information content (AvgIpc) is 2.61. The smallest absolute Gasteiger partial charge is 0.308 e. The minimum atomic E-state index is -1.22. The van der Waals surface area contributed by atoms with E-state index >= 15 is 0 Å². The lowest BCUT2D eigenvalue weighted by Gasteiger charge is -2.47. The van der Waals surface area contributed by atoms with Crippen molar-refractivity contribution in [2.45, 2.75) is 104 Å². The Labute approximate surface area is 170 Å². The van der Waals surface area contributed by atoms with Gasteiger partial charge in [0.2, 0.25) is 0 Å². The quantitative estimate of drug-likeness (QED) is 0.365. The number of carbonyl (C=O) groups is 2. The third-order valence-corrected chi connectivity index (χ3v) is 5.68. The van der Waals surface area contributed by atoms with E-state index < -0.39 is 17.9 Å². The van der Waals surface area contributed by atoms with Gasteiger partial charge >= 0.3 is 11.9 Å². The molecule has 0 saturated carbocycles. The fourth-order valence-corrected chi connectivity index (χ4v) is 3.86. The van der Waals surface area contributed by atoms with Gasteiger partial charge in [0.05, 0.1) is 11.8 Å². The van der Waals surface area contributed by atoms with Gasteiger partial charge in [-0.3, -0.25) is 14.5 Å². The van der Waals surface area contributed by atoms with Gasteiger partial charge in [0.25, 0.3) is 0 Å². The molecule has 1 fully saturated rings. The maximum absolute atomic E-state index is 14.8. The van der Waals surface area contributed by atoms with Gasteiger partial charge in [-0.25, -0.2) is 4.39 Å². The van der Waals surface area contributed by atoms with Gasteiger partial charge in [-0.2, -0.15) is 0 Å². The number of halogens is 1. The number of alkyl halides is 1. The van der Waals surface area contributed by atoms with Crippen molar-refractivity contribution >= 4 is 11.9 Å². The molecule has 0 aromatic heterocycles. The van der Waals surface area contributed by atoms with E-state index in [4.69, 9.17) is 9.47 Å². The highest BCUT2D eigenvalue weighted by atomic mass is 19.1. The zero-order valence-corrected chi connectivity index (χ0v) is 18.6. The maximum atomic E-state index is 14.8. The summed E-state index contributed by atoms with van der Waals surface area (Å²) in [5, 5.41) is 0. The van der Waals surface area contributed by atoms with Crippen LogP contribution >= 0.6 is 0 Å². The lowest BCUT2D eigenvalue weighted by Crippen LogP contribution is -2.57. The van der Waals surface area contributed by atoms with E-state index in [1.54, 1.807) is 4.90 Å². The van der Waals surface area contributed by atoms with E-state index in [-0.39, 0.29) is 36.8 Å². The van der Waals surface area contributed by atoms with Crippen LogP contribution in [-0.2, 0) is 19.1 Å². The number of unbranched alkanes of at least 4 members (excludes halogenated alkanes) is 1. The molecule has 28 heavy (non-hydrogen) atoms. The Morgan fingerprint density at radius 3 is 2.32 bits per heavy atom. The number of hydrogen-bond donors (Lipinski definition) is 0. The van der Waals surface area contributed by atoms with Crippen LogP contribution in [-0.4, -0.2) is 47.9 Å². The van der Waals surface area contributed by atoms with Crippen molar-refractivity contribution in [2.24, 2.45) is 11.8 Å². The van der Waals surface area contributed by atoms with Crippen molar-refractivity contribution in [3.8, 4) is 0 Å². The Hall–Kier alpha value is -1.17. The summed E-state index contributed by atoms with van der Waals surface area (Å²) in [4.78, 5) is 25.9. The highest BCUT2D eigenvalue weighted by Gasteiger charge is 2.42. The molecule has 164 valence electrons. The second-order valence-electron chi connectivity index (χ2n) is 8.84. The summed E-state index contributed by atoms with van der Waals surface area (Å²) in [5.41, 5.74) is -0.475. The molecule has 4 unspecified atom stereocenters. The second kappa shape index (κ2) is 11.7. The van der Waals surface area contributed by atoms with Crippen molar-refractivity contribution in [2.75, 3.05) is 13.2 Å². The molecule has 4 atom stereocenters. The summed E-state index contributed by atoms with van der Waals surface area (Å²) in [6.07, 6.45) is 3.65. The summed E-state index contributed by atoms with van der Waals surface area (Å²) < 4.78 is 25.8. The zero-order valence-electron chi connectivity index (χ0n) is 18.6. The molecule has 1 aliphatic heterocycles. The normalized spacial score (nSPS) is 24.4. The Balaban J connectivity index is 2.52. The predicted octanol–water partition coefficient (Wildman–Crippen LogP) is 4.87. The van der Waals surface area contributed by atoms with Crippen LogP contribution in [0.3, 0.4) is 0 Å². The SMILES string of the molecule is CCCCC(C)C(=O)OC1CC(F)N(CCOC(=O)C(C)CCC)C(C)(C)C1. The molecule has 0 radical (unpaired) electrons. The lowest BCUT2D eigenvalue weighted by molar-refractivity contribution is -0.168.